The number of aliphatic hydroxyl groups is 3. The van der Waals surface area contributed by atoms with Crippen LogP contribution >= 0.6 is 0 Å². The molecule has 0 aliphatic rings. The Bertz CT molecular complexity index is 1700. The zero-order valence-corrected chi connectivity index (χ0v) is 27.3. The number of aliphatic hydroxyl groups excluding tert-OH is 3. The molecule has 0 fully saturated rings. The molecule has 0 saturated heterocycles. The van der Waals surface area contributed by atoms with Crippen LogP contribution in [0, 0.1) is 0 Å². The number of nitrogens with one attached hydrogen (secondary N) is 2. The van der Waals surface area contributed by atoms with Gasteiger partial charge in [-0.15, -0.1) is 0 Å². The van der Waals surface area contributed by atoms with Crippen molar-refractivity contribution in [3.8, 4) is 5.75 Å². The standard InChI is InChI=1S/C41H42N2O6/c1-49-33-24-22-28(23-25-33)26-35(42-36(44)27-34(29-14-6-2-7-15-29)30-16-8-3-9-17-30)39(46)40(47)41(48)43-37(31-18-10-4-11-19-31)38(45)32-20-12-5-13-21-32/h2-25,34-35,37-40,45-47H,26-27H2,1H3,(H,42,44)(H,43,48). The smallest absolute Gasteiger partial charge is 0.252 e. The highest BCUT2D eigenvalue weighted by molar-refractivity contribution is 5.82. The van der Waals surface area contributed by atoms with E-state index < -0.39 is 36.3 Å². The van der Waals surface area contributed by atoms with Crippen molar-refractivity contribution in [3.63, 3.8) is 0 Å². The van der Waals surface area contributed by atoms with Crippen LogP contribution in [0.4, 0.5) is 0 Å². The molecule has 0 aliphatic carbocycles. The molecule has 5 rings (SSSR count). The summed E-state index contributed by atoms with van der Waals surface area (Å²) in [6, 6.07) is 42.4. The van der Waals surface area contributed by atoms with E-state index in [2.05, 4.69) is 10.6 Å². The second-order valence-corrected chi connectivity index (χ2v) is 12.0. The molecule has 0 saturated carbocycles. The molecular weight excluding hydrogens is 616 g/mol. The summed E-state index contributed by atoms with van der Waals surface area (Å²) < 4.78 is 5.28. The summed E-state index contributed by atoms with van der Waals surface area (Å²) in [5, 5.41) is 39.8. The van der Waals surface area contributed by atoms with Crippen molar-refractivity contribution in [1.82, 2.24) is 10.6 Å². The number of rotatable bonds is 15. The summed E-state index contributed by atoms with van der Waals surface area (Å²) >= 11 is 0. The lowest BCUT2D eigenvalue weighted by molar-refractivity contribution is -0.139. The fraction of sp³-hybridized carbons (Fsp3) is 0.220. The van der Waals surface area contributed by atoms with Crippen LogP contribution in [0.1, 0.15) is 52.3 Å². The summed E-state index contributed by atoms with van der Waals surface area (Å²) in [6.07, 6.45) is -4.57. The highest BCUT2D eigenvalue weighted by Gasteiger charge is 2.35. The minimum absolute atomic E-state index is 0.0709. The number of carbonyl (C=O) groups excluding carboxylic acids is 2. The normalized spacial score (nSPS) is 14.2. The lowest BCUT2D eigenvalue weighted by atomic mass is 9.88. The Kier molecular flexibility index (Phi) is 12.3. The number of ether oxygens (including phenoxy) is 1. The number of benzene rings is 5. The Morgan fingerprint density at radius 1 is 0.612 bits per heavy atom. The van der Waals surface area contributed by atoms with Crippen molar-refractivity contribution in [2.75, 3.05) is 7.11 Å². The van der Waals surface area contributed by atoms with Gasteiger partial charge in [0.15, 0.2) is 6.10 Å². The predicted molar refractivity (Wildman–Crippen MR) is 189 cm³/mol. The van der Waals surface area contributed by atoms with E-state index in [1.54, 1.807) is 79.9 Å². The van der Waals surface area contributed by atoms with E-state index in [9.17, 15) is 24.9 Å². The van der Waals surface area contributed by atoms with Crippen molar-refractivity contribution < 1.29 is 29.6 Å². The monoisotopic (exact) mass is 658 g/mol. The predicted octanol–water partition coefficient (Wildman–Crippen LogP) is 5.26. The van der Waals surface area contributed by atoms with Crippen molar-refractivity contribution in [2.45, 2.75) is 49.2 Å². The van der Waals surface area contributed by atoms with Crippen molar-refractivity contribution in [1.29, 1.82) is 0 Å². The highest BCUT2D eigenvalue weighted by Crippen LogP contribution is 2.30. The highest BCUT2D eigenvalue weighted by atomic mass is 16.5. The molecule has 0 spiro atoms. The molecule has 0 heterocycles. The van der Waals surface area contributed by atoms with Gasteiger partial charge in [-0.3, -0.25) is 9.59 Å². The van der Waals surface area contributed by atoms with Crippen molar-refractivity contribution >= 4 is 11.8 Å². The molecule has 252 valence electrons. The maximum Gasteiger partial charge on any atom is 0.252 e. The van der Waals surface area contributed by atoms with Gasteiger partial charge in [-0.1, -0.05) is 133 Å². The number of methoxy groups -OCH3 is 1. The Morgan fingerprint density at radius 2 is 1.08 bits per heavy atom. The third-order valence-corrected chi connectivity index (χ3v) is 8.67. The second-order valence-electron chi connectivity index (χ2n) is 12.0. The van der Waals surface area contributed by atoms with Crippen LogP contribution in [0.15, 0.2) is 146 Å². The average molecular weight is 659 g/mol. The molecule has 49 heavy (non-hydrogen) atoms. The first-order chi connectivity index (χ1) is 23.8. The molecule has 0 aromatic heterocycles. The molecule has 5 aromatic carbocycles. The van der Waals surface area contributed by atoms with Crippen molar-refractivity contribution in [2.24, 2.45) is 0 Å². The van der Waals surface area contributed by atoms with Crippen molar-refractivity contribution in [3.05, 3.63) is 173 Å². The molecule has 5 atom stereocenters. The fourth-order valence-corrected chi connectivity index (χ4v) is 5.98. The Labute approximate surface area is 287 Å². The van der Waals surface area contributed by atoms with E-state index in [1.807, 2.05) is 72.8 Å². The number of carbonyl (C=O) groups is 2. The molecular formula is C41H42N2O6. The van der Waals surface area contributed by atoms with Crippen LogP contribution in [-0.2, 0) is 16.0 Å². The van der Waals surface area contributed by atoms with Gasteiger partial charge >= 0.3 is 0 Å². The molecule has 5 unspecified atom stereocenters. The lowest BCUT2D eigenvalue weighted by Crippen LogP contribution is -2.55. The topological polar surface area (TPSA) is 128 Å². The third-order valence-electron chi connectivity index (χ3n) is 8.67. The largest absolute Gasteiger partial charge is 0.497 e. The van der Waals surface area contributed by atoms with E-state index in [-0.39, 0.29) is 24.7 Å². The van der Waals surface area contributed by atoms with Gasteiger partial charge in [0.25, 0.3) is 5.91 Å². The van der Waals surface area contributed by atoms with Crippen LogP contribution in [-0.4, -0.2) is 52.5 Å². The van der Waals surface area contributed by atoms with Crippen LogP contribution in [0.3, 0.4) is 0 Å². The summed E-state index contributed by atoms with van der Waals surface area (Å²) in [5.74, 6) is -0.872. The first-order valence-electron chi connectivity index (χ1n) is 16.3. The average Bonchev–Trinajstić information content (AvgIpc) is 3.16. The quantitative estimate of drug-likeness (QED) is 0.105. The van der Waals surface area contributed by atoms with E-state index >= 15 is 0 Å². The Balaban J connectivity index is 1.38. The summed E-state index contributed by atoms with van der Waals surface area (Å²) in [7, 11) is 1.56. The van der Waals surface area contributed by atoms with Crippen LogP contribution < -0.4 is 15.4 Å². The summed E-state index contributed by atoms with van der Waals surface area (Å²) in [4.78, 5) is 27.4. The zero-order valence-electron chi connectivity index (χ0n) is 27.3. The Morgan fingerprint density at radius 3 is 1.57 bits per heavy atom. The van der Waals surface area contributed by atoms with Gasteiger partial charge < -0.3 is 30.7 Å². The fourth-order valence-electron chi connectivity index (χ4n) is 5.98. The van der Waals surface area contributed by atoms with Gasteiger partial charge in [-0.25, -0.2) is 0 Å². The van der Waals surface area contributed by atoms with Gasteiger partial charge in [0.1, 0.15) is 18.0 Å². The number of amides is 2. The van der Waals surface area contributed by atoms with E-state index in [0.29, 0.717) is 16.9 Å². The second kappa shape index (κ2) is 17.2. The maximum absolute atomic E-state index is 13.7. The van der Waals surface area contributed by atoms with E-state index in [0.717, 1.165) is 16.7 Å². The van der Waals surface area contributed by atoms with Gasteiger partial charge in [-0.05, 0) is 46.4 Å². The third kappa shape index (κ3) is 9.42. The maximum atomic E-state index is 13.7. The zero-order chi connectivity index (χ0) is 34.6. The molecule has 0 bridgehead atoms. The first-order valence-corrected chi connectivity index (χ1v) is 16.3. The molecule has 0 radical (unpaired) electrons. The number of hydrogen-bond donors (Lipinski definition) is 5. The van der Waals surface area contributed by atoms with Gasteiger partial charge in [0, 0.05) is 12.3 Å². The molecule has 5 N–H and O–H groups in total. The Hall–Kier alpha value is -5.28. The molecule has 5 aromatic rings. The molecule has 8 heteroatoms. The SMILES string of the molecule is COc1ccc(CC(NC(=O)CC(c2ccccc2)c2ccccc2)C(O)C(O)C(=O)NC(c2ccccc2)C(O)c2ccccc2)cc1. The minimum atomic E-state index is -1.93. The molecule has 2 amide bonds. The number of hydrogen-bond acceptors (Lipinski definition) is 6. The van der Waals surface area contributed by atoms with Gasteiger partial charge in [0.05, 0.1) is 19.2 Å². The van der Waals surface area contributed by atoms with E-state index in [1.165, 1.54) is 0 Å². The minimum Gasteiger partial charge on any atom is -0.497 e. The summed E-state index contributed by atoms with van der Waals surface area (Å²) in [6.45, 7) is 0. The summed E-state index contributed by atoms with van der Waals surface area (Å²) in [5.41, 5.74) is 3.86. The lowest BCUT2D eigenvalue weighted by Gasteiger charge is -2.30. The van der Waals surface area contributed by atoms with Gasteiger partial charge in [0.2, 0.25) is 5.91 Å². The van der Waals surface area contributed by atoms with Crippen LogP contribution in [0.5, 0.6) is 5.75 Å². The van der Waals surface area contributed by atoms with E-state index in [4.69, 9.17) is 4.74 Å². The molecule has 0 aliphatic heterocycles. The first kappa shape index (κ1) is 35.0. The van der Waals surface area contributed by atoms with Crippen LogP contribution in [0.2, 0.25) is 0 Å². The van der Waals surface area contributed by atoms with Crippen LogP contribution in [0.25, 0.3) is 0 Å². The van der Waals surface area contributed by atoms with Gasteiger partial charge in [-0.2, -0.15) is 0 Å². The molecule has 8 nitrogen and oxygen atoms in total.